The van der Waals surface area contributed by atoms with Gasteiger partial charge in [-0.25, -0.2) is 0 Å². The third-order valence-electron chi connectivity index (χ3n) is 5.61. The summed E-state index contributed by atoms with van der Waals surface area (Å²) in [5.41, 5.74) is 2.60. The molecule has 4 aromatic rings. The van der Waals surface area contributed by atoms with Gasteiger partial charge in [0.25, 0.3) is 0 Å². The molecule has 0 spiro atoms. The summed E-state index contributed by atoms with van der Waals surface area (Å²) < 4.78 is 73.0. The van der Waals surface area contributed by atoms with Crippen LogP contribution in [0.4, 0.5) is 13.2 Å². The fourth-order valence-electron chi connectivity index (χ4n) is 3.75. The van der Waals surface area contributed by atoms with Crippen molar-refractivity contribution >= 4 is 15.7 Å². The number of benzene rings is 4. The summed E-state index contributed by atoms with van der Waals surface area (Å²) in [7, 11) is -4.12. The fourth-order valence-corrected chi connectivity index (χ4v) is 4.68. The summed E-state index contributed by atoms with van der Waals surface area (Å²) in [5.74, 6) is -1.99. The lowest BCUT2D eigenvalue weighted by Gasteiger charge is -2.20. The van der Waals surface area contributed by atoms with Crippen LogP contribution in [0.1, 0.15) is 28.2 Å². The van der Waals surface area contributed by atoms with E-state index in [-0.39, 0.29) is 16.2 Å². The highest BCUT2D eigenvalue weighted by molar-refractivity contribution is 7.87. The highest BCUT2D eigenvalue weighted by atomic mass is 32.2. The van der Waals surface area contributed by atoms with Gasteiger partial charge in [-0.1, -0.05) is 96.6 Å². The van der Waals surface area contributed by atoms with Gasteiger partial charge in [-0.2, -0.15) is 21.6 Å². The summed E-state index contributed by atoms with van der Waals surface area (Å²) in [6.45, 7) is 1.82. The van der Waals surface area contributed by atoms with Crippen molar-refractivity contribution in [1.82, 2.24) is 0 Å². The lowest BCUT2D eigenvalue weighted by atomic mass is 9.90. The van der Waals surface area contributed by atoms with Crippen molar-refractivity contribution in [3.8, 4) is 5.75 Å². The molecule has 0 saturated heterocycles. The molecule has 1 atom stereocenters. The van der Waals surface area contributed by atoms with Gasteiger partial charge in [-0.05, 0) is 53.5 Å². The maximum absolute atomic E-state index is 14.3. The zero-order valence-corrected chi connectivity index (χ0v) is 20.1. The Bertz CT molecular complexity index is 1390. The van der Waals surface area contributed by atoms with Crippen LogP contribution in [0, 0.1) is 6.92 Å². The highest BCUT2D eigenvalue weighted by Gasteiger charge is 2.39. The zero-order chi connectivity index (χ0) is 25.8. The Labute approximate surface area is 208 Å². The summed E-state index contributed by atoms with van der Waals surface area (Å²) in [5, 5.41) is 0. The second-order valence-electron chi connectivity index (χ2n) is 8.25. The molecule has 0 aromatic heterocycles. The molecule has 0 amide bonds. The molecule has 0 aliphatic heterocycles. The molecule has 0 bridgehead atoms. The van der Waals surface area contributed by atoms with Crippen LogP contribution in [-0.4, -0.2) is 14.6 Å². The molecule has 0 radical (unpaired) electrons. The number of aryl methyl sites for hydroxylation is 1. The molecule has 36 heavy (non-hydrogen) atoms. The predicted molar refractivity (Wildman–Crippen MR) is 134 cm³/mol. The van der Waals surface area contributed by atoms with Crippen molar-refractivity contribution in [2.75, 3.05) is 0 Å². The standard InChI is InChI=1S/C29H23F3O3S/c1-21-12-18-26(19-13-21)36(33,34)35-25-16-14-24(15-17-25)28(29(30,31)32)20-27(22-8-4-2-5-9-22)23-10-6-3-7-11-23/h2-20,28H,1H3. The van der Waals surface area contributed by atoms with Crippen LogP contribution >= 0.6 is 0 Å². The fraction of sp³-hybridized carbons (Fsp3) is 0.103. The molecule has 0 fully saturated rings. The Morgan fingerprint density at radius 3 is 1.72 bits per heavy atom. The number of halogens is 3. The maximum atomic E-state index is 14.3. The van der Waals surface area contributed by atoms with E-state index in [9.17, 15) is 21.6 Å². The molecule has 0 aliphatic rings. The van der Waals surface area contributed by atoms with Gasteiger partial charge in [0.1, 0.15) is 10.6 Å². The van der Waals surface area contributed by atoms with Crippen LogP contribution in [0.2, 0.25) is 0 Å². The van der Waals surface area contributed by atoms with Crippen molar-refractivity contribution in [2.24, 2.45) is 0 Å². The van der Waals surface area contributed by atoms with Gasteiger partial charge in [0, 0.05) is 0 Å². The van der Waals surface area contributed by atoms with Crippen LogP contribution in [0.25, 0.3) is 5.57 Å². The Hall–Kier alpha value is -3.84. The lowest BCUT2D eigenvalue weighted by Crippen LogP contribution is -2.19. The largest absolute Gasteiger partial charge is 0.399 e. The molecule has 7 heteroatoms. The van der Waals surface area contributed by atoms with Gasteiger partial charge in [0.15, 0.2) is 0 Å². The SMILES string of the molecule is Cc1ccc(S(=O)(=O)Oc2ccc(C(C=C(c3ccccc3)c3ccccc3)C(F)(F)F)cc2)cc1. The summed E-state index contributed by atoms with van der Waals surface area (Å²) in [4.78, 5) is -0.0383. The second kappa shape index (κ2) is 10.4. The topological polar surface area (TPSA) is 43.4 Å². The van der Waals surface area contributed by atoms with Crippen molar-refractivity contribution in [3.05, 3.63) is 138 Å². The first kappa shape index (κ1) is 25.3. The molecule has 184 valence electrons. The van der Waals surface area contributed by atoms with Crippen molar-refractivity contribution < 1.29 is 25.8 Å². The molecule has 3 nitrogen and oxygen atoms in total. The van der Waals surface area contributed by atoms with Crippen LogP contribution in [0.15, 0.2) is 120 Å². The van der Waals surface area contributed by atoms with E-state index in [4.69, 9.17) is 4.18 Å². The Balaban J connectivity index is 1.69. The third-order valence-corrected chi connectivity index (χ3v) is 6.87. The summed E-state index contributed by atoms with van der Waals surface area (Å²) >= 11 is 0. The molecular weight excluding hydrogens is 485 g/mol. The third kappa shape index (κ3) is 6.04. The van der Waals surface area contributed by atoms with Crippen LogP contribution < -0.4 is 4.18 Å². The van der Waals surface area contributed by atoms with Gasteiger partial charge < -0.3 is 4.18 Å². The number of hydrogen-bond acceptors (Lipinski definition) is 3. The number of hydrogen-bond donors (Lipinski definition) is 0. The first-order valence-electron chi connectivity index (χ1n) is 11.1. The summed E-state index contributed by atoms with van der Waals surface area (Å²) in [6.07, 6.45) is -3.38. The van der Waals surface area contributed by atoms with Crippen LogP contribution in [0.5, 0.6) is 5.75 Å². The Morgan fingerprint density at radius 2 is 1.25 bits per heavy atom. The van der Waals surface area contributed by atoms with Crippen molar-refractivity contribution in [3.63, 3.8) is 0 Å². The van der Waals surface area contributed by atoms with Crippen LogP contribution in [-0.2, 0) is 10.1 Å². The minimum Gasteiger partial charge on any atom is -0.379 e. The number of rotatable bonds is 7. The smallest absolute Gasteiger partial charge is 0.379 e. The van der Waals surface area contributed by atoms with Crippen LogP contribution in [0.3, 0.4) is 0 Å². The van der Waals surface area contributed by atoms with Crippen molar-refractivity contribution in [1.29, 1.82) is 0 Å². The second-order valence-corrected chi connectivity index (χ2v) is 9.80. The first-order chi connectivity index (χ1) is 17.1. The van der Waals surface area contributed by atoms with Crippen molar-refractivity contribution in [2.45, 2.75) is 23.9 Å². The molecule has 0 saturated carbocycles. The van der Waals surface area contributed by atoms with Gasteiger partial charge in [0.05, 0.1) is 5.92 Å². The first-order valence-corrected chi connectivity index (χ1v) is 12.5. The van der Waals surface area contributed by atoms with E-state index in [0.29, 0.717) is 16.7 Å². The minimum absolute atomic E-state index is 0.0352. The Kier molecular flexibility index (Phi) is 7.31. The summed E-state index contributed by atoms with van der Waals surface area (Å²) in [6, 6.07) is 28.8. The highest BCUT2D eigenvalue weighted by Crippen LogP contribution is 2.40. The van der Waals surface area contributed by atoms with E-state index in [2.05, 4.69) is 0 Å². The van der Waals surface area contributed by atoms with Gasteiger partial charge in [-0.15, -0.1) is 0 Å². The van der Waals surface area contributed by atoms with Gasteiger partial charge in [0.2, 0.25) is 0 Å². The van der Waals surface area contributed by atoms with Gasteiger partial charge in [-0.3, -0.25) is 0 Å². The molecule has 1 unspecified atom stereocenters. The normalized spacial score (nSPS) is 12.6. The molecule has 0 aliphatic carbocycles. The monoisotopic (exact) mass is 508 g/mol. The minimum atomic E-state index is -4.58. The Morgan fingerprint density at radius 1 is 0.750 bits per heavy atom. The molecule has 4 rings (SSSR count). The van der Waals surface area contributed by atoms with E-state index in [1.807, 2.05) is 6.92 Å². The van der Waals surface area contributed by atoms with E-state index in [1.54, 1.807) is 72.8 Å². The number of allylic oxidation sites excluding steroid dienone is 1. The lowest BCUT2D eigenvalue weighted by molar-refractivity contribution is -0.139. The average Bonchev–Trinajstić information content (AvgIpc) is 2.86. The molecular formula is C29H23F3O3S. The average molecular weight is 509 g/mol. The molecule has 4 aromatic carbocycles. The van der Waals surface area contributed by atoms with E-state index >= 15 is 0 Å². The quantitative estimate of drug-likeness (QED) is 0.242. The molecule has 0 heterocycles. The van der Waals surface area contributed by atoms with E-state index in [1.165, 1.54) is 42.5 Å². The van der Waals surface area contributed by atoms with E-state index in [0.717, 1.165) is 5.56 Å². The molecule has 0 N–H and O–H groups in total. The van der Waals surface area contributed by atoms with E-state index < -0.39 is 22.2 Å². The maximum Gasteiger partial charge on any atom is 0.399 e. The predicted octanol–water partition coefficient (Wildman–Crippen LogP) is 7.54. The zero-order valence-electron chi connectivity index (χ0n) is 19.3. The van der Waals surface area contributed by atoms with Gasteiger partial charge >= 0.3 is 16.3 Å². The number of alkyl halides is 3.